The van der Waals surface area contributed by atoms with Crippen molar-refractivity contribution in [1.29, 1.82) is 0 Å². The first-order valence-electron chi connectivity index (χ1n) is 3.69. The first-order valence-corrected chi connectivity index (χ1v) is 5.49. The lowest BCUT2D eigenvalue weighted by Gasteiger charge is -2.02. The Morgan fingerprint density at radius 2 is 2.20 bits per heavy atom. The number of carbonyl (C=O) groups is 1. The Hall–Kier alpha value is -1.28. The zero-order valence-electron chi connectivity index (χ0n) is 7.57. The maximum absolute atomic E-state index is 10.1. The van der Waals surface area contributed by atoms with Crippen molar-refractivity contribution in [2.24, 2.45) is 0 Å². The van der Waals surface area contributed by atoms with Crippen molar-refractivity contribution in [2.75, 3.05) is 12.8 Å². The minimum absolute atomic E-state index is 0.439. The van der Waals surface area contributed by atoms with E-state index in [2.05, 4.69) is 20.7 Å². The van der Waals surface area contributed by atoms with Crippen LogP contribution in [0.4, 0.5) is 0 Å². The first-order chi connectivity index (χ1) is 6.92. The van der Waals surface area contributed by atoms with Crippen LogP contribution < -0.4 is 5.32 Å². The third-order valence-corrected chi connectivity index (χ3v) is 1.56. The summed E-state index contributed by atoms with van der Waals surface area (Å²) in [5, 5.41) is 19.3. The van der Waals surface area contributed by atoms with Crippen molar-refractivity contribution in [3.05, 3.63) is 12.4 Å². The van der Waals surface area contributed by atoms with Crippen molar-refractivity contribution in [1.82, 2.24) is 20.7 Å². The number of aliphatic carboxylic acids is 1. The third-order valence-electron chi connectivity index (χ3n) is 0.925. The molecule has 0 amide bonds. The van der Waals surface area contributed by atoms with Gasteiger partial charge in [0.15, 0.2) is 0 Å². The number of aromatic nitrogens is 3. The van der Waals surface area contributed by atoms with Crippen LogP contribution in [0.2, 0.25) is 0 Å². The van der Waals surface area contributed by atoms with Gasteiger partial charge in [-0.05, 0) is 0 Å². The smallest absolute Gasteiger partial charge is 0.339 e. The van der Waals surface area contributed by atoms with Gasteiger partial charge >= 0.3 is 13.6 Å². The molecule has 86 valence electrons. The van der Waals surface area contributed by atoms with E-state index in [0.717, 1.165) is 0 Å². The second-order valence-electron chi connectivity index (χ2n) is 2.30. The molecule has 0 aliphatic heterocycles. The van der Waals surface area contributed by atoms with Crippen LogP contribution in [0.3, 0.4) is 0 Å². The number of nitrogens with one attached hydrogen (secondary N) is 2. The molecular weight excluding hydrogens is 227 g/mol. The molecule has 0 saturated carbocycles. The standard InChI is InChI=1S/C3H8NO5P.C2H3N3/c5-3(6)1-4-2-10(7,8)9;1-2-4-5-3-1/h4H,1-2H2,(H,5,6)(H2,7,8,9);1-2H,(H,3,4,5). The van der Waals surface area contributed by atoms with Gasteiger partial charge < -0.3 is 14.9 Å². The van der Waals surface area contributed by atoms with Gasteiger partial charge in [-0.3, -0.25) is 19.8 Å². The average molecular weight is 238 g/mol. The molecule has 0 aliphatic rings. The fourth-order valence-corrected chi connectivity index (χ4v) is 0.878. The molecule has 0 spiro atoms. The molecule has 0 saturated heterocycles. The number of aromatic amines is 1. The third kappa shape index (κ3) is 12.7. The topological polar surface area (TPSA) is 148 Å². The van der Waals surface area contributed by atoms with E-state index in [1.165, 1.54) is 0 Å². The lowest BCUT2D eigenvalue weighted by Crippen LogP contribution is -2.23. The number of carboxylic acid groups (broad SMARTS) is 1. The maximum Gasteiger partial charge on any atom is 0.339 e. The van der Waals surface area contributed by atoms with E-state index in [0.29, 0.717) is 0 Å². The Kier molecular flexibility index (Phi) is 6.47. The van der Waals surface area contributed by atoms with Crippen molar-refractivity contribution >= 4 is 13.6 Å². The number of carboxylic acids is 1. The Balaban J connectivity index is 0.000000322. The number of nitrogens with zero attached hydrogens (tertiary/aromatic N) is 2. The van der Waals surface area contributed by atoms with Crippen LogP contribution in [0.25, 0.3) is 0 Å². The van der Waals surface area contributed by atoms with Crippen molar-refractivity contribution in [3.63, 3.8) is 0 Å². The number of hydrogen-bond acceptors (Lipinski definition) is 5. The Bertz CT molecular complexity index is 292. The van der Waals surface area contributed by atoms with Gasteiger partial charge in [-0.2, -0.15) is 0 Å². The van der Waals surface area contributed by atoms with Crippen molar-refractivity contribution in [2.45, 2.75) is 0 Å². The highest BCUT2D eigenvalue weighted by Gasteiger charge is 2.11. The summed E-state index contributed by atoms with van der Waals surface area (Å²) in [5.74, 6) is -1.14. The van der Waals surface area contributed by atoms with Gasteiger partial charge in [-0.25, -0.2) is 0 Å². The predicted octanol–water partition coefficient (Wildman–Crippen LogP) is -1.40. The lowest BCUT2D eigenvalue weighted by molar-refractivity contribution is -0.135. The van der Waals surface area contributed by atoms with Gasteiger partial charge in [0, 0.05) is 6.20 Å². The zero-order chi connectivity index (χ0) is 11.7. The Morgan fingerprint density at radius 3 is 2.47 bits per heavy atom. The van der Waals surface area contributed by atoms with Crippen molar-refractivity contribution in [3.8, 4) is 0 Å². The monoisotopic (exact) mass is 238 g/mol. The molecule has 0 unspecified atom stereocenters. The van der Waals surface area contributed by atoms with Crippen LogP contribution in [0.1, 0.15) is 0 Å². The quantitative estimate of drug-likeness (QED) is 0.402. The summed E-state index contributed by atoms with van der Waals surface area (Å²) in [6.45, 7) is -0.439. The molecule has 0 radical (unpaired) electrons. The van der Waals surface area contributed by atoms with Crippen LogP contribution >= 0.6 is 7.60 Å². The molecule has 1 rings (SSSR count). The van der Waals surface area contributed by atoms with E-state index >= 15 is 0 Å². The second kappa shape index (κ2) is 7.07. The maximum atomic E-state index is 10.1. The SMILES string of the molecule is O=C(O)CNCP(=O)(O)O.c1c[nH]nn1. The Labute approximate surface area is 84.7 Å². The van der Waals surface area contributed by atoms with Crippen LogP contribution in [-0.4, -0.2) is 49.1 Å². The molecule has 1 heterocycles. The zero-order valence-corrected chi connectivity index (χ0v) is 8.46. The van der Waals surface area contributed by atoms with Crippen LogP contribution in [0, 0.1) is 0 Å². The van der Waals surface area contributed by atoms with E-state index in [-0.39, 0.29) is 0 Å². The molecule has 5 N–H and O–H groups in total. The number of hydrogen-bond donors (Lipinski definition) is 5. The fraction of sp³-hybridized carbons (Fsp3) is 0.400. The highest BCUT2D eigenvalue weighted by Crippen LogP contribution is 2.31. The summed E-state index contributed by atoms with van der Waals surface area (Å²) in [6.07, 6.45) is 2.64. The van der Waals surface area contributed by atoms with Gasteiger partial charge in [0.05, 0.1) is 19.0 Å². The Morgan fingerprint density at radius 1 is 1.53 bits per heavy atom. The molecule has 10 heteroatoms. The summed E-state index contributed by atoms with van der Waals surface area (Å²) in [5.41, 5.74) is 0. The molecule has 0 atom stereocenters. The normalized spacial score (nSPS) is 10.3. The molecule has 0 bridgehead atoms. The van der Waals surface area contributed by atoms with E-state index < -0.39 is 26.4 Å². The van der Waals surface area contributed by atoms with Gasteiger partial charge in [-0.15, -0.1) is 5.10 Å². The van der Waals surface area contributed by atoms with Gasteiger partial charge in [0.25, 0.3) is 0 Å². The summed E-state index contributed by atoms with van der Waals surface area (Å²) in [4.78, 5) is 26.1. The van der Waals surface area contributed by atoms with Gasteiger partial charge in [0.1, 0.15) is 0 Å². The second-order valence-corrected chi connectivity index (χ2v) is 3.95. The van der Waals surface area contributed by atoms with E-state index in [4.69, 9.17) is 14.9 Å². The van der Waals surface area contributed by atoms with E-state index in [1.54, 1.807) is 12.4 Å². The van der Waals surface area contributed by atoms with E-state index in [1.807, 2.05) is 0 Å². The van der Waals surface area contributed by atoms with Crippen LogP contribution in [0.5, 0.6) is 0 Å². The average Bonchev–Trinajstić information content (AvgIpc) is 2.56. The molecule has 15 heavy (non-hydrogen) atoms. The fourth-order valence-electron chi connectivity index (χ4n) is 0.475. The number of rotatable bonds is 4. The van der Waals surface area contributed by atoms with Gasteiger partial charge in [-0.1, -0.05) is 5.21 Å². The van der Waals surface area contributed by atoms with Crippen LogP contribution in [0.15, 0.2) is 12.4 Å². The minimum atomic E-state index is -4.10. The highest BCUT2D eigenvalue weighted by atomic mass is 31.2. The van der Waals surface area contributed by atoms with Crippen molar-refractivity contribution < 1.29 is 24.3 Å². The van der Waals surface area contributed by atoms with Crippen LogP contribution in [-0.2, 0) is 9.36 Å². The highest BCUT2D eigenvalue weighted by molar-refractivity contribution is 7.51. The molecule has 0 fully saturated rings. The minimum Gasteiger partial charge on any atom is -0.480 e. The number of H-pyrrole nitrogens is 1. The molecule has 1 aromatic heterocycles. The summed E-state index contributed by atoms with van der Waals surface area (Å²) >= 11 is 0. The molecule has 0 aliphatic carbocycles. The molecule has 0 aromatic carbocycles. The van der Waals surface area contributed by atoms with Gasteiger partial charge in [0.2, 0.25) is 0 Å². The summed E-state index contributed by atoms with van der Waals surface area (Å²) in [7, 11) is -4.10. The summed E-state index contributed by atoms with van der Waals surface area (Å²) < 4.78 is 10.1. The lowest BCUT2D eigenvalue weighted by atomic mass is 10.7. The molecule has 1 aromatic rings. The molecule has 9 nitrogen and oxygen atoms in total. The summed E-state index contributed by atoms with van der Waals surface area (Å²) in [6, 6.07) is 0. The predicted molar refractivity (Wildman–Crippen MR) is 48.9 cm³/mol. The largest absolute Gasteiger partial charge is 0.480 e. The molecular formula is C5H11N4O5P. The first kappa shape index (κ1) is 13.7. The van der Waals surface area contributed by atoms with E-state index in [9.17, 15) is 9.36 Å².